The number of nitrogens with one attached hydrogen (secondary N) is 2. The van der Waals surface area contributed by atoms with Gasteiger partial charge in [-0.25, -0.2) is 14.8 Å². The van der Waals surface area contributed by atoms with Gasteiger partial charge < -0.3 is 31.1 Å². The summed E-state index contributed by atoms with van der Waals surface area (Å²) in [6, 6.07) is 7.44. The molecule has 0 radical (unpaired) electrons. The molecule has 200 valence electrons. The number of anilines is 2. The van der Waals surface area contributed by atoms with Crippen molar-refractivity contribution in [1.29, 1.82) is 0 Å². The maximum absolute atomic E-state index is 12.8. The number of nitrogens with two attached hydrogens (primary N) is 1. The fourth-order valence-corrected chi connectivity index (χ4v) is 4.49. The molecule has 0 bridgehead atoms. The van der Waals surface area contributed by atoms with Crippen LogP contribution in [-0.4, -0.2) is 61.3 Å². The lowest BCUT2D eigenvalue weighted by Gasteiger charge is -2.20. The summed E-state index contributed by atoms with van der Waals surface area (Å²) in [4.78, 5) is 45.4. The first-order chi connectivity index (χ1) is 18.2. The molecule has 4 aromatic rings. The Morgan fingerprint density at radius 3 is 2.63 bits per heavy atom. The van der Waals surface area contributed by atoms with Crippen LogP contribution in [0.5, 0.6) is 0 Å². The lowest BCUT2D eigenvalue weighted by molar-refractivity contribution is -0.123. The molecule has 1 amide bonds. The van der Waals surface area contributed by atoms with E-state index in [0.29, 0.717) is 42.6 Å². The molecule has 0 fully saturated rings. The number of carboxylic acids is 1. The average molecular weight is 542 g/mol. The second-order valence-electron chi connectivity index (χ2n) is 8.10. The predicted molar refractivity (Wildman–Crippen MR) is 141 cm³/mol. The third-order valence-corrected chi connectivity index (χ3v) is 6.38. The van der Waals surface area contributed by atoms with Gasteiger partial charge in [0.1, 0.15) is 10.7 Å². The Hall–Kier alpha value is -4.43. The first kappa shape index (κ1) is 28.1. The topological polar surface area (TPSA) is 206 Å². The molecule has 0 spiro atoms. The normalized spacial score (nSPS) is 11.3. The zero-order valence-corrected chi connectivity index (χ0v) is 21.5. The molecule has 0 aliphatic carbocycles. The lowest BCUT2D eigenvalue weighted by Crippen LogP contribution is -2.27. The van der Waals surface area contributed by atoms with Crippen molar-refractivity contribution in [3.05, 3.63) is 46.9 Å². The first-order valence-corrected chi connectivity index (χ1v) is 12.3. The summed E-state index contributed by atoms with van der Waals surface area (Å²) in [6.45, 7) is 3.56. The van der Waals surface area contributed by atoms with Gasteiger partial charge in [0, 0.05) is 36.5 Å². The maximum atomic E-state index is 12.8. The molecular weight excluding hydrogens is 514 g/mol. The van der Waals surface area contributed by atoms with E-state index < -0.39 is 5.97 Å². The number of carboxylic acid groups (broad SMARTS) is 2. The van der Waals surface area contributed by atoms with Crippen molar-refractivity contribution in [2.24, 2.45) is 5.73 Å². The SMILES string of the molecule is Cc1nc(-c2ccc3ccnc(NC(CCCN)CC(=O)Nc4nc(C)c(C(=O)O)s4)c3c2)no1.O=CO. The summed E-state index contributed by atoms with van der Waals surface area (Å²) in [6.07, 6.45) is 3.18. The molecule has 1 unspecified atom stereocenters. The molecule has 3 aromatic heterocycles. The molecule has 1 atom stereocenters. The Kier molecular flexibility index (Phi) is 9.79. The number of nitrogens with zero attached hydrogens (tertiary/aromatic N) is 4. The number of hydrogen-bond acceptors (Lipinski definition) is 11. The van der Waals surface area contributed by atoms with Crippen LogP contribution in [0.1, 0.15) is 40.5 Å². The Balaban J connectivity index is 0.00000127. The third kappa shape index (κ3) is 7.30. The van der Waals surface area contributed by atoms with E-state index in [1.165, 1.54) is 0 Å². The molecule has 0 aliphatic rings. The van der Waals surface area contributed by atoms with Gasteiger partial charge in [-0.05, 0) is 43.8 Å². The van der Waals surface area contributed by atoms with E-state index in [-0.39, 0.29) is 34.9 Å². The van der Waals surface area contributed by atoms with Crippen LogP contribution in [0.15, 0.2) is 35.0 Å². The largest absolute Gasteiger partial charge is 0.483 e. The van der Waals surface area contributed by atoms with Crippen LogP contribution >= 0.6 is 11.3 Å². The van der Waals surface area contributed by atoms with E-state index in [0.717, 1.165) is 27.7 Å². The maximum Gasteiger partial charge on any atom is 0.347 e. The van der Waals surface area contributed by atoms with Crippen LogP contribution in [0.25, 0.3) is 22.2 Å². The molecule has 14 heteroatoms. The number of thiazole rings is 1. The van der Waals surface area contributed by atoms with Gasteiger partial charge in [0.25, 0.3) is 6.47 Å². The number of aryl methyl sites for hydroxylation is 2. The number of aromatic nitrogens is 4. The molecule has 13 nitrogen and oxygen atoms in total. The van der Waals surface area contributed by atoms with Crippen LogP contribution < -0.4 is 16.4 Å². The average Bonchev–Trinajstić information content (AvgIpc) is 3.48. The number of rotatable bonds is 10. The molecule has 38 heavy (non-hydrogen) atoms. The molecule has 0 saturated heterocycles. The number of pyridine rings is 1. The highest BCUT2D eigenvalue weighted by Crippen LogP contribution is 2.28. The minimum atomic E-state index is -1.07. The highest BCUT2D eigenvalue weighted by Gasteiger charge is 2.19. The Morgan fingerprint density at radius 1 is 1.24 bits per heavy atom. The van der Waals surface area contributed by atoms with Crippen molar-refractivity contribution in [2.45, 2.75) is 39.2 Å². The number of amides is 1. The van der Waals surface area contributed by atoms with E-state index in [4.69, 9.17) is 20.2 Å². The molecule has 0 saturated carbocycles. The van der Waals surface area contributed by atoms with Crippen molar-refractivity contribution in [3.8, 4) is 11.4 Å². The van der Waals surface area contributed by atoms with E-state index >= 15 is 0 Å². The van der Waals surface area contributed by atoms with Crippen molar-refractivity contribution in [2.75, 3.05) is 17.2 Å². The van der Waals surface area contributed by atoms with Crippen LogP contribution in [0.2, 0.25) is 0 Å². The van der Waals surface area contributed by atoms with Gasteiger partial charge in [-0.3, -0.25) is 9.59 Å². The number of carbonyl (C=O) groups is 3. The van der Waals surface area contributed by atoms with E-state index in [1.54, 1.807) is 20.0 Å². The Labute approximate surface area is 221 Å². The van der Waals surface area contributed by atoms with Gasteiger partial charge in [-0.1, -0.05) is 28.6 Å². The van der Waals surface area contributed by atoms with Crippen molar-refractivity contribution < 1.29 is 29.1 Å². The fraction of sp³-hybridized carbons (Fsp3) is 0.292. The van der Waals surface area contributed by atoms with Gasteiger partial charge in [0.2, 0.25) is 17.6 Å². The smallest absolute Gasteiger partial charge is 0.347 e. The monoisotopic (exact) mass is 541 g/mol. The molecule has 3 heterocycles. The zero-order chi connectivity index (χ0) is 27.7. The lowest BCUT2D eigenvalue weighted by atomic mass is 10.0. The van der Waals surface area contributed by atoms with Crippen LogP contribution in [-0.2, 0) is 9.59 Å². The Bertz CT molecular complexity index is 1420. The summed E-state index contributed by atoms with van der Waals surface area (Å²) in [5, 5.41) is 28.3. The summed E-state index contributed by atoms with van der Waals surface area (Å²) in [5.41, 5.74) is 6.87. The van der Waals surface area contributed by atoms with Crippen LogP contribution in [0.4, 0.5) is 10.9 Å². The molecule has 6 N–H and O–H groups in total. The number of benzene rings is 1. The van der Waals surface area contributed by atoms with E-state index in [1.807, 2.05) is 24.3 Å². The second-order valence-corrected chi connectivity index (χ2v) is 9.10. The summed E-state index contributed by atoms with van der Waals surface area (Å²) in [7, 11) is 0. The van der Waals surface area contributed by atoms with E-state index in [2.05, 4.69) is 30.7 Å². The van der Waals surface area contributed by atoms with Crippen LogP contribution in [0, 0.1) is 13.8 Å². The van der Waals surface area contributed by atoms with Gasteiger partial charge in [0.05, 0.1) is 5.69 Å². The quantitative estimate of drug-likeness (QED) is 0.183. The van der Waals surface area contributed by atoms with Crippen molar-refractivity contribution >= 4 is 51.4 Å². The standard InChI is InChI=1S/C23H25N7O4S.CH2O2/c1-12-19(22(32)33)35-23(26-12)29-18(31)11-16(4-3-8-24)28-21-17-10-15(20-27-13(2)34-30-20)6-5-14(17)7-9-25-21;2-1-3/h5-7,9-10,16H,3-4,8,11,24H2,1-2H3,(H,25,28)(H,32,33)(H,26,29,31);1H,(H,2,3). The number of fused-ring (bicyclic) bond motifs is 1. The fourth-order valence-electron chi connectivity index (χ4n) is 3.66. The van der Waals surface area contributed by atoms with Gasteiger partial charge in [-0.15, -0.1) is 0 Å². The number of carbonyl (C=O) groups excluding carboxylic acids is 1. The number of aromatic carboxylic acids is 1. The minimum Gasteiger partial charge on any atom is -0.483 e. The van der Waals surface area contributed by atoms with Gasteiger partial charge in [0.15, 0.2) is 5.13 Å². The first-order valence-electron chi connectivity index (χ1n) is 11.5. The second kappa shape index (κ2) is 13.2. The molecule has 4 rings (SSSR count). The zero-order valence-electron chi connectivity index (χ0n) is 20.7. The summed E-state index contributed by atoms with van der Waals surface area (Å²) < 4.78 is 5.10. The highest BCUT2D eigenvalue weighted by molar-refractivity contribution is 7.17. The summed E-state index contributed by atoms with van der Waals surface area (Å²) in [5.74, 6) is 0.229. The Morgan fingerprint density at radius 2 is 2.00 bits per heavy atom. The van der Waals surface area contributed by atoms with Gasteiger partial charge in [-0.2, -0.15) is 4.98 Å². The molecular formula is C24H27N7O6S. The van der Waals surface area contributed by atoms with Crippen molar-refractivity contribution in [3.63, 3.8) is 0 Å². The van der Waals surface area contributed by atoms with Crippen LogP contribution in [0.3, 0.4) is 0 Å². The molecule has 0 aliphatic heterocycles. The van der Waals surface area contributed by atoms with E-state index in [9.17, 15) is 14.7 Å². The highest BCUT2D eigenvalue weighted by atomic mass is 32.1. The molecule has 1 aromatic carbocycles. The third-order valence-electron chi connectivity index (χ3n) is 5.32. The summed E-state index contributed by atoms with van der Waals surface area (Å²) >= 11 is 0.933. The van der Waals surface area contributed by atoms with Gasteiger partial charge >= 0.3 is 5.97 Å². The predicted octanol–water partition coefficient (Wildman–Crippen LogP) is 3.31. The van der Waals surface area contributed by atoms with Crippen molar-refractivity contribution in [1.82, 2.24) is 20.1 Å². The number of hydrogen-bond donors (Lipinski definition) is 5. The minimum absolute atomic E-state index is 0.102.